The lowest BCUT2D eigenvalue weighted by molar-refractivity contribution is 0.0563. The third-order valence-electron chi connectivity index (χ3n) is 2.28. The lowest BCUT2D eigenvalue weighted by Gasteiger charge is -2.03. The Morgan fingerprint density at radius 1 is 1.22 bits per heavy atom. The highest BCUT2D eigenvalue weighted by Gasteiger charge is 2.12. The van der Waals surface area contributed by atoms with Gasteiger partial charge < -0.3 is 9.15 Å². The van der Waals surface area contributed by atoms with Crippen molar-refractivity contribution in [2.75, 3.05) is 7.11 Å². The van der Waals surface area contributed by atoms with Crippen LogP contribution in [0.2, 0.25) is 5.02 Å². The molecular formula is C13H9ClO4. The van der Waals surface area contributed by atoms with E-state index in [4.69, 9.17) is 16.0 Å². The van der Waals surface area contributed by atoms with Gasteiger partial charge in [0.25, 0.3) is 0 Å². The molecule has 0 bridgehead atoms. The van der Waals surface area contributed by atoms with Crippen LogP contribution in [0.15, 0.2) is 45.6 Å². The van der Waals surface area contributed by atoms with Gasteiger partial charge in [-0.1, -0.05) is 11.6 Å². The number of carbonyl (C=O) groups is 1. The lowest BCUT2D eigenvalue weighted by Crippen LogP contribution is -2.07. The van der Waals surface area contributed by atoms with Crippen LogP contribution in [-0.4, -0.2) is 13.1 Å². The van der Waals surface area contributed by atoms with E-state index in [1.165, 1.54) is 13.2 Å². The van der Waals surface area contributed by atoms with Gasteiger partial charge in [-0.05, 0) is 24.3 Å². The summed E-state index contributed by atoms with van der Waals surface area (Å²) in [6, 6.07) is 9.12. The summed E-state index contributed by atoms with van der Waals surface area (Å²) in [4.78, 5) is 22.8. The Labute approximate surface area is 108 Å². The average molecular weight is 265 g/mol. The number of halogens is 1. The Kier molecular flexibility index (Phi) is 3.48. The second kappa shape index (κ2) is 5.06. The summed E-state index contributed by atoms with van der Waals surface area (Å²) in [5, 5.41) is 0.574. The maximum atomic E-state index is 11.5. The molecule has 0 aliphatic carbocycles. The van der Waals surface area contributed by atoms with E-state index in [1.807, 2.05) is 0 Å². The van der Waals surface area contributed by atoms with Gasteiger partial charge in [0.15, 0.2) is 5.43 Å². The van der Waals surface area contributed by atoms with Crippen LogP contribution in [0.1, 0.15) is 10.6 Å². The van der Waals surface area contributed by atoms with E-state index >= 15 is 0 Å². The van der Waals surface area contributed by atoms with Gasteiger partial charge >= 0.3 is 5.97 Å². The molecule has 18 heavy (non-hydrogen) atoms. The van der Waals surface area contributed by atoms with Crippen molar-refractivity contribution in [1.29, 1.82) is 0 Å². The fraction of sp³-hybridized carbons (Fsp3) is 0.0769. The Balaban J connectivity index is 2.51. The number of esters is 1. The van der Waals surface area contributed by atoms with E-state index in [9.17, 15) is 9.59 Å². The van der Waals surface area contributed by atoms with E-state index in [1.54, 1.807) is 24.3 Å². The molecule has 0 aliphatic heterocycles. The third-order valence-corrected chi connectivity index (χ3v) is 2.53. The molecule has 0 unspecified atom stereocenters. The fourth-order valence-electron chi connectivity index (χ4n) is 1.44. The SMILES string of the molecule is COC(=O)c1cc(=O)cc(-c2ccc(Cl)cc2)o1. The molecule has 0 saturated heterocycles. The number of methoxy groups -OCH3 is 1. The van der Waals surface area contributed by atoms with Crippen LogP contribution in [0.4, 0.5) is 0 Å². The smallest absolute Gasteiger partial charge is 0.374 e. The van der Waals surface area contributed by atoms with Crippen molar-refractivity contribution >= 4 is 17.6 Å². The van der Waals surface area contributed by atoms with Gasteiger partial charge in [-0.15, -0.1) is 0 Å². The largest absolute Gasteiger partial charge is 0.463 e. The van der Waals surface area contributed by atoms with Crippen LogP contribution in [0.25, 0.3) is 11.3 Å². The number of benzene rings is 1. The zero-order chi connectivity index (χ0) is 13.1. The van der Waals surface area contributed by atoms with Crippen molar-refractivity contribution < 1.29 is 13.9 Å². The summed E-state index contributed by atoms with van der Waals surface area (Å²) in [7, 11) is 1.22. The van der Waals surface area contributed by atoms with Crippen LogP contribution in [-0.2, 0) is 4.74 Å². The summed E-state index contributed by atoms with van der Waals surface area (Å²) in [5.74, 6) is -0.530. The molecule has 1 heterocycles. The predicted octanol–water partition coefficient (Wildman–Crippen LogP) is 2.75. The van der Waals surface area contributed by atoms with Gasteiger partial charge in [0, 0.05) is 22.7 Å². The molecule has 0 radical (unpaired) electrons. The Morgan fingerprint density at radius 3 is 2.50 bits per heavy atom. The van der Waals surface area contributed by atoms with Gasteiger partial charge in [-0.25, -0.2) is 4.79 Å². The van der Waals surface area contributed by atoms with Gasteiger partial charge in [-0.3, -0.25) is 4.79 Å². The van der Waals surface area contributed by atoms with E-state index in [2.05, 4.69) is 4.74 Å². The highest BCUT2D eigenvalue weighted by molar-refractivity contribution is 6.30. The summed E-state index contributed by atoms with van der Waals surface area (Å²) in [6.45, 7) is 0. The second-order valence-corrected chi connectivity index (χ2v) is 3.96. The molecule has 92 valence electrons. The first-order chi connectivity index (χ1) is 8.60. The average Bonchev–Trinajstić information content (AvgIpc) is 2.38. The van der Waals surface area contributed by atoms with Crippen LogP contribution in [0.3, 0.4) is 0 Å². The number of hydrogen-bond acceptors (Lipinski definition) is 4. The van der Waals surface area contributed by atoms with E-state index in [-0.39, 0.29) is 11.2 Å². The minimum Gasteiger partial charge on any atom is -0.463 e. The normalized spacial score (nSPS) is 10.1. The van der Waals surface area contributed by atoms with E-state index in [0.29, 0.717) is 16.3 Å². The Hall–Kier alpha value is -2.07. The fourth-order valence-corrected chi connectivity index (χ4v) is 1.56. The molecule has 1 aromatic heterocycles. The molecule has 0 fully saturated rings. The molecule has 4 nitrogen and oxygen atoms in total. The molecule has 0 atom stereocenters. The Morgan fingerprint density at radius 2 is 1.89 bits per heavy atom. The van der Waals surface area contributed by atoms with Crippen molar-refractivity contribution in [3.8, 4) is 11.3 Å². The number of carbonyl (C=O) groups excluding carboxylic acids is 1. The first-order valence-electron chi connectivity index (χ1n) is 5.09. The number of hydrogen-bond donors (Lipinski definition) is 0. The van der Waals surface area contributed by atoms with Crippen LogP contribution in [0.5, 0.6) is 0 Å². The van der Waals surface area contributed by atoms with Crippen LogP contribution >= 0.6 is 11.6 Å². The van der Waals surface area contributed by atoms with Gasteiger partial charge in [-0.2, -0.15) is 0 Å². The van der Waals surface area contributed by atoms with E-state index < -0.39 is 5.97 Å². The van der Waals surface area contributed by atoms with Crippen molar-refractivity contribution in [3.05, 3.63) is 57.4 Å². The maximum absolute atomic E-state index is 11.5. The lowest BCUT2D eigenvalue weighted by atomic mass is 10.1. The monoisotopic (exact) mass is 264 g/mol. The molecular weight excluding hydrogens is 256 g/mol. The number of ether oxygens (including phenoxy) is 1. The van der Waals surface area contributed by atoms with Crippen molar-refractivity contribution in [1.82, 2.24) is 0 Å². The Bertz CT molecular complexity index is 628. The van der Waals surface area contributed by atoms with Crippen molar-refractivity contribution in [2.45, 2.75) is 0 Å². The predicted molar refractivity (Wildman–Crippen MR) is 66.8 cm³/mol. The highest BCUT2D eigenvalue weighted by Crippen LogP contribution is 2.21. The summed E-state index contributed by atoms with van der Waals surface area (Å²) >= 11 is 5.77. The molecule has 0 spiro atoms. The van der Waals surface area contributed by atoms with Crippen molar-refractivity contribution in [2.24, 2.45) is 0 Å². The van der Waals surface area contributed by atoms with Gasteiger partial charge in [0.2, 0.25) is 5.76 Å². The molecule has 0 amide bonds. The zero-order valence-corrected chi connectivity index (χ0v) is 10.2. The summed E-state index contributed by atoms with van der Waals surface area (Å²) < 4.78 is 9.83. The van der Waals surface area contributed by atoms with E-state index in [0.717, 1.165) is 6.07 Å². The topological polar surface area (TPSA) is 56.5 Å². The standard InChI is InChI=1S/C13H9ClO4/c1-17-13(16)12-7-10(15)6-11(18-12)8-2-4-9(14)5-3-8/h2-7H,1H3. The molecule has 5 heteroatoms. The second-order valence-electron chi connectivity index (χ2n) is 3.52. The zero-order valence-electron chi connectivity index (χ0n) is 9.48. The van der Waals surface area contributed by atoms with Crippen molar-refractivity contribution in [3.63, 3.8) is 0 Å². The quantitative estimate of drug-likeness (QED) is 0.783. The molecule has 1 aromatic carbocycles. The summed E-state index contributed by atoms with van der Waals surface area (Å²) in [5.41, 5.74) is 0.328. The minimum atomic E-state index is -0.692. The van der Waals surface area contributed by atoms with Gasteiger partial charge in [0.05, 0.1) is 7.11 Å². The minimum absolute atomic E-state index is 0.130. The first kappa shape index (κ1) is 12.4. The number of rotatable bonds is 2. The molecule has 0 N–H and O–H groups in total. The first-order valence-corrected chi connectivity index (χ1v) is 5.47. The maximum Gasteiger partial charge on any atom is 0.374 e. The highest BCUT2D eigenvalue weighted by atomic mass is 35.5. The van der Waals surface area contributed by atoms with Crippen LogP contribution in [0, 0.1) is 0 Å². The molecule has 0 aliphatic rings. The van der Waals surface area contributed by atoms with Crippen LogP contribution < -0.4 is 5.43 Å². The molecule has 2 rings (SSSR count). The molecule has 2 aromatic rings. The molecule has 0 saturated carbocycles. The third kappa shape index (κ3) is 2.60. The summed E-state index contributed by atoms with van der Waals surface area (Å²) in [6.07, 6.45) is 0. The van der Waals surface area contributed by atoms with Gasteiger partial charge in [0.1, 0.15) is 5.76 Å².